The normalized spacial score (nSPS) is 12.1. The van der Waals surface area contributed by atoms with Gasteiger partial charge in [0, 0.05) is 28.4 Å². The fourth-order valence-electron chi connectivity index (χ4n) is 2.00. The lowest BCUT2D eigenvalue weighted by atomic mass is 10.2. The molecule has 4 nitrogen and oxygen atoms in total. The molecule has 1 unspecified atom stereocenters. The first-order valence-corrected chi connectivity index (χ1v) is 9.13. The number of rotatable bonds is 5. The smallest absolute Gasteiger partial charge is 0.210 e. The lowest BCUT2D eigenvalue weighted by Gasteiger charge is -2.08. The van der Waals surface area contributed by atoms with Crippen molar-refractivity contribution in [1.82, 2.24) is 15.2 Å². The van der Waals surface area contributed by atoms with Crippen LogP contribution in [0.4, 0.5) is 10.8 Å². The van der Waals surface area contributed by atoms with E-state index in [4.69, 9.17) is 11.6 Å². The van der Waals surface area contributed by atoms with Crippen LogP contribution in [0.5, 0.6) is 0 Å². The molecule has 0 fully saturated rings. The van der Waals surface area contributed by atoms with Crippen LogP contribution >= 0.6 is 34.7 Å². The number of nitrogens with zero attached hydrogens (tertiary/aromatic N) is 3. The Morgan fingerprint density at radius 2 is 2.09 bits per heavy atom. The number of nitrogens with one attached hydrogen (secondary N) is 1. The molecule has 1 aromatic carbocycles. The standard InChI is InChI=1S/C16H15ClN4S2/c1-10-13(17)6-3-7-14(10)19-15-20-21-16(23-15)22-11(2)12-5-4-8-18-9-12/h3-9,11H,1-2H3,(H,19,20). The van der Waals surface area contributed by atoms with Gasteiger partial charge in [0.15, 0.2) is 4.34 Å². The Kier molecular flexibility index (Phi) is 5.15. The zero-order chi connectivity index (χ0) is 16.2. The number of halogens is 1. The van der Waals surface area contributed by atoms with Crippen LogP contribution in [0.1, 0.15) is 23.3 Å². The monoisotopic (exact) mass is 362 g/mol. The molecule has 0 aliphatic carbocycles. The predicted molar refractivity (Wildman–Crippen MR) is 97.9 cm³/mol. The van der Waals surface area contributed by atoms with Gasteiger partial charge in [-0.3, -0.25) is 4.98 Å². The topological polar surface area (TPSA) is 50.7 Å². The highest BCUT2D eigenvalue weighted by Gasteiger charge is 2.12. The number of thioether (sulfide) groups is 1. The summed E-state index contributed by atoms with van der Waals surface area (Å²) in [5, 5.41) is 13.5. The Morgan fingerprint density at radius 3 is 2.87 bits per heavy atom. The van der Waals surface area contributed by atoms with Gasteiger partial charge in [0.25, 0.3) is 0 Å². The van der Waals surface area contributed by atoms with Crippen LogP contribution in [0.3, 0.4) is 0 Å². The van der Waals surface area contributed by atoms with Gasteiger partial charge in [0.2, 0.25) is 5.13 Å². The average Bonchev–Trinajstić information content (AvgIpc) is 3.00. The molecule has 0 spiro atoms. The van der Waals surface area contributed by atoms with Gasteiger partial charge in [-0.15, -0.1) is 10.2 Å². The third-order valence-corrected chi connectivity index (χ3v) is 5.84. The summed E-state index contributed by atoms with van der Waals surface area (Å²) in [5.74, 6) is 0. The molecule has 2 aromatic heterocycles. The summed E-state index contributed by atoms with van der Waals surface area (Å²) in [6.45, 7) is 4.11. The molecular weight excluding hydrogens is 348 g/mol. The highest BCUT2D eigenvalue weighted by atomic mass is 35.5. The van der Waals surface area contributed by atoms with E-state index in [0.717, 1.165) is 25.7 Å². The molecule has 1 N–H and O–H groups in total. The summed E-state index contributed by atoms with van der Waals surface area (Å²) in [4.78, 5) is 4.16. The van der Waals surface area contributed by atoms with Crippen molar-refractivity contribution in [1.29, 1.82) is 0 Å². The van der Waals surface area contributed by atoms with Crippen molar-refractivity contribution < 1.29 is 0 Å². The quantitative estimate of drug-likeness (QED) is 0.608. The SMILES string of the molecule is Cc1c(Cl)cccc1Nc1nnc(SC(C)c2cccnc2)s1. The molecule has 0 aliphatic rings. The fourth-order valence-corrected chi connectivity index (χ4v) is 4.19. The third-order valence-electron chi connectivity index (χ3n) is 3.35. The van der Waals surface area contributed by atoms with Crippen molar-refractivity contribution in [2.45, 2.75) is 23.4 Å². The maximum Gasteiger partial charge on any atom is 0.210 e. The number of anilines is 2. The Bertz CT molecular complexity index is 792. The summed E-state index contributed by atoms with van der Waals surface area (Å²) in [5.41, 5.74) is 3.13. The Balaban J connectivity index is 1.70. The molecule has 3 aromatic rings. The highest BCUT2D eigenvalue weighted by Crippen LogP contribution is 2.38. The molecule has 0 saturated heterocycles. The van der Waals surface area contributed by atoms with Crippen molar-refractivity contribution in [3.63, 3.8) is 0 Å². The molecule has 2 heterocycles. The van der Waals surface area contributed by atoms with Gasteiger partial charge in [-0.05, 0) is 43.2 Å². The van der Waals surface area contributed by atoms with E-state index in [9.17, 15) is 0 Å². The van der Waals surface area contributed by atoms with E-state index in [1.807, 2.05) is 37.4 Å². The van der Waals surface area contributed by atoms with Gasteiger partial charge in [-0.1, -0.05) is 46.8 Å². The summed E-state index contributed by atoms with van der Waals surface area (Å²) in [6, 6.07) is 9.78. The van der Waals surface area contributed by atoms with E-state index in [-0.39, 0.29) is 5.25 Å². The van der Waals surface area contributed by atoms with Crippen LogP contribution in [0.2, 0.25) is 5.02 Å². The fraction of sp³-hybridized carbons (Fsp3) is 0.188. The molecule has 0 bridgehead atoms. The van der Waals surface area contributed by atoms with Crippen LogP contribution in [-0.4, -0.2) is 15.2 Å². The zero-order valence-corrected chi connectivity index (χ0v) is 15.0. The number of aromatic nitrogens is 3. The molecule has 7 heteroatoms. The van der Waals surface area contributed by atoms with E-state index in [2.05, 4.69) is 33.5 Å². The third kappa shape index (κ3) is 4.02. The Hall–Kier alpha value is -1.63. The number of hydrogen-bond acceptors (Lipinski definition) is 6. The van der Waals surface area contributed by atoms with E-state index >= 15 is 0 Å². The predicted octanol–water partition coefficient (Wildman–Crippen LogP) is 5.49. The maximum absolute atomic E-state index is 6.14. The minimum Gasteiger partial charge on any atom is -0.330 e. The number of hydrogen-bond donors (Lipinski definition) is 1. The second kappa shape index (κ2) is 7.29. The van der Waals surface area contributed by atoms with Crippen LogP contribution in [0.15, 0.2) is 47.1 Å². The van der Waals surface area contributed by atoms with Crippen LogP contribution < -0.4 is 5.32 Å². The first kappa shape index (κ1) is 16.2. The number of pyridine rings is 1. The molecule has 118 valence electrons. The van der Waals surface area contributed by atoms with Crippen LogP contribution in [-0.2, 0) is 0 Å². The van der Waals surface area contributed by atoms with E-state index < -0.39 is 0 Å². The first-order chi connectivity index (χ1) is 11.1. The Labute approximate surface area is 148 Å². The van der Waals surface area contributed by atoms with Crippen molar-refractivity contribution in [3.8, 4) is 0 Å². The minimum absolute atomic E-state index is 0.275. The van der Waals surface area contributed by atoms with Gasteiger partial charge in [-0.2, -0.15) is 0 Å². The van der Waals surface area contributed by atoms with Crippen molar-refractivity contribution in [2.75, 3.05) is 5.32 Å². The molecule has 0 radical (unpaired) electrons. The molecule has 0 amide bonds. The van der Waals surface area contributed by atoms with Crippen LogP contribution in [0, 0.1) is 6.92 Å². The summed E-state index contributed by atoms with van der Waals surface area (Å²) >= 11 is 9.34. The Morgan fingerprint density at radius 1 is 1.22 bits per heavy atom. The van der Waals surface area contributed by atoms with Crippen molar-refractivity contribution >= 4 is 45.5 Å². The second-order valence-electron chi connectivity index (χ2n) is 4.96. The zero-order valence-electron chi connectivity index (χ0n) is 12.7. The lowest BCUT2D eigenvalue weighted by molar-refractivity contribution is 0.998. The molecule has 0 saturated carbocycles. The van der Waals surface area contributed by atoms with Gasteiger partial charge in [0.05, 0.1) is 0 Å². The number of benzene rings is 1. The van der Waals surface area contributed by atoms with Gasteiger partial charge in [0.1, 0.15) is 0 Å². The van der Waals surface area contributed by atoms with Crippen LogP contribution in [0.25, 0.3) is 0 Å². The average molecular weight is 363 g/mol. The minimum atomic E-state index is 0.275. The summed E-state index contributed by atoms with van der Waals surface area (Å²) in [6.07, 6.45) is 3.66. The van der Waals surface area contributed by atoms with E-state index in [1.165, 1.54) is 16.9 Å². The van der Waals surface area contributed by atoms with Gasteiger partial charge >= 0.3 is 0 Å². The maximum atomic E-state index is 6.14. The largest absolute Gasteiger partial charge is 0.330 e. The molecule has 23 heavy (non-hydrogen) atoms. The van der Waals surface area contributed by atoms with Crippen molar-refractivity contribution in [3.05, 3.63) is 58.9 Å². The van der Waals surface area contributed by atoms with Crippen molar-refractivity contribution in [2.24, 2.45) is 0 Å². The summed E-state index contributed by atoms with van der Waals surface area (Å²) in [7, 11) is 0. The van der Waals surface area contributed by atoms with E-state index in [1.54, 1.807) is 18.0 Å². The molecule has 3 rings (SSSR count). The molecule has 1 atom stereocenters. The molecule has 0 aliphatic heterocycles. The first-order valence-electron chi connectivity index (χ1n) is 7.05. The highest BCUT2D eigenvalue weighted by molar-refractivity contribution is 8.01. The van der Waals surface area contributed by atoms with Gasteiger partial charge < -0.3 is 5.32 Å². The lowest BCUT2D eigenvalue weighted by Crippen LogP contribution is -1.92. The summed E-state index contributed by atoms with van der Waals surface area (Å²) < 4.78 is 0.920. The van der Waals surface area contributed by atoms with Gasteiger partial charge in [-0.25, -0.2) is 0 Å². The molecular formula is C16H15ClN4S2. The second-order valence-corrected chi connectivity index (χ2v) is 7.93. The van der Waals surface area contributed by atoms with E-state index in [0.29, 0.717) is 0 Å².